The van der Waals surface area contributed by atoms with Crippen LogP contribution in [0, 0.1) is 45.8 Å². The van der Waals surface area contributed by atoms with Gasteiger partial charge in [-0.05, 0) is 116 Å². The summed E-state index contributed by atoms with van der Waals surface area (Å²) in [5.74, 6) is 4.49. The lowest BCUT2D eigenvalue weighted by Gasteiger charge is -2.58. The average Bonchev–Trinajstić information content (AvgIpc) is 2.96. The molecule has 0 bridgehead atoms. The zero-order valence-electron chi connectivity index (χ0n) is 20.3. The molecular formula is C28H48O. The minimum Gasteiger partial charge on any atom is -0.393 e. The molecule has 7 atom stereocenters. The van der Waals surface area contributed by atoms with E-state index in [0.29, 0.717) is 16.2 Å². The van der Waals surface area contributed by atoms with Crippen LogP contribution in [0.25, 0.3) is 0 Å². The molecule has 4 rings (SSSR count). The molecule has 0 aromatic carbocycles. The van der Waals surface area contributed by atoms with Crippen LogP contribution in [-0.4, -0.2) is 11.2 Å². The Bertz CT molecular complexity index is 630. The van der Waals surface area contributed by atoms with Crippen molar-refractivity contribution in [3.63, 3.8) is 0 Å². The van der Waals surface area contributed by atoms with Crippen LogP contribution in [0.15, 0.2) is 11.6 Å². The van der Waals surface area contributed by atoms with Gasteiger partial charge in [0.2, 0.25) is 0 Å². The van der Waals surface area contributed by atoms with Gasteiger partial charge in [-0.2, -0.15) is 0 Å². The van der Waals surface area contributed by atoms with Crippen molar-refractivity contribution >= 4 is 0 Å². The second-order valence-corrected chi connectivity index (χ2v) is 13.3. The monoisotopic (exact) mass is 400 g/mol. The van der Waals surface area contributed by atoms with Crippen molar-refractivity contribution < 1.29 is 5.11 Å². The van der Waals surface area contributed by atoms with Crippen LogP contribution in [-0.2, 0) is 0 Å². The van der Waals surface area contributed by atoms with Gasteiger partial charge < -0.3 is 5.11 Å². The van der Waals surface area contributed by atoms with Crippen molar-refractivity contribution in [2.75, 3.05) is 0 Å². The van der Waals surface area contributed by atoms with E-state index in [9.17, 15) is 5.11 Å². The third-order valence-corrected chi connectivity index (χ3v) is 10.4. The van der Waals surface area contributed by atoms with Gasteiger partial charge in [0.1, 0.15) is 0 Å². The van der Waals surface area contributed by atoms with Gasteiger partial charge in [0.15, 0.2) is 0 Å². The molecule has 0 spiro atoms. The molecule has 29 heavy (non-hydrogen) atoms. The van der Waals surface area contributed by atoms with Crippen LogP contribution in [0.4, 0.5) is 0 Å². The van der Waals surface area contributed by atoms with E-state index in [1.54, 1.807) is 5.57 Å². The van der Waals surface area contributed by atoms with E-state index >= 15 is 0 Å². The summed E-state index contributed by atoms with van der Waals surface area (Å²) in [6.07, 6.45) is 17.1. The summed E-state index contributed by atoms with van der Waals surface area (Å²) >= 11 is 0. The van der Waals surface area contributed by atoms with Gasteiger partial charge in [0, 0.05) is 0 Å². The lowest BCUT2D eigenvalue weighted by atomic mass is 9.47. The number of rotatable bonds is 5. The molecular weight excluding hydrogens is 352 g/mol. The molecule has 0 amide bonds. The summed E-state index contributed by atoms with van der Waals surface area (Å²) in [5.41, 5.74) is 3.09. The van der Waals surface area contributed by atoms with Gasteiger partial charge in [0.05, 0.1) is 6.10 Å². The predicted molar refractivity (Wildman–Crippen MR) is 124 cm³/mol. The zero-order valence-corrected chi connectivity index (χ0v) is 20.3. The summed E-state index contributed by atoms with van der Waals surface area (Å²) < 4.78 is 0. The number of allylic oxidation sites excluding steroid dienone is 1. The van der Waals surface area contributed by atoms with Crippen LogP contribution in [0.1, 0.15) is 112 Å². The largest absolute Gasteiger partial charge is 0.393 e. The van der Waals surface area contributed by atoms with Gasteiger partial charge in [-0.1, -0.05) is 53.2 Å². The molecule has 0 radical (unpaired) electrons. The summed E-state index contributed by atoms with van der Waals surface area (Å²) in [6.45, 7) is 15.0. The summed E-state index contributed by atoms with van der Waals surface area (Å²) in [7, 11) is 0. The number of aliphatic hydroxyl groups excluding tert-OH is 1. The van der Waals surface area contributed by atoms with Crippen LogP contribution in [0.2, 0.25) is 0 Å². The first kappa shape index (κ1) is 21.9. The number of hydrogen-bond donors (Lipinski definition) is 1. The highest BCUT2D eigenvalue weighted by atomic mass is 16.3. The summed E-state index contributed by atoms with van der Waals surface area (Å²) in [6, 6.07) is 0. The van der Waals surface area contributed by atoms with E-state index in [1.165, 1.54) is 57.8 Å². The van der Waals surface area contributed by atoms with Crippen molar-refractivity contribution in [1.29, 1.82) is 0 Å². The van der Waals surface area contributed by atoms with Crippen molar-refractivity contribution in [2.45, 2.75) is 118 Å². The maximum atomic E-state index is 10.2. The highest BCUT2D eigenvalue weighted by Gasteiger charge is 2.58. The fourth-order valence-electron chi connectivity index (χ4n) is 9.00. The van der Waals surface area contributed by atoms with Crippen molar-refractivity contribution in [2.24, 2.45) is 45.8 Å². The topological polar surface area (TPSA) is 20.2 Å². The Hall–Kier alpha value is -0.300. The Morgan fingerprint density at radius 1 is 1.07 bits per heavy atom. The van der Waals surface area contributed by atoms with Gasteiger partial charge in [-0.25, -0.2) is 0 Å². The van der Waals surface area contributed by atoms with E-state index in [0.717, 1.165) is 42.4 Å². The number of aliphatic hydroxyl groups is 1. The lowest BCUT2D eigenvalue weighted by molar-refractivity contribution is -0.0518. The average molecular weight is 401 g/mol. The van der Waals surface area contributed by atoms with Gasteiger partial charge in [0.25, 0.3) is 0 Å². The van der Waals surface area contributed by atoms with Crippen molar-refractivity contribution in [3.8, 4) is 0 Å². The van der Waals surface area contributed by atoms with E-state index in [4.69, 9.17) is 0 Å². The predicted octanol–water partition coefficient (Wildman–Crippen LogP) is 7.78. The Labute approximate surface area is 181 Å². The minimum atomic E-state index is -0.0789. The number of hydrogen-bond acceptors (Lipinski definition) is 1. The second kappa shape index (κ2) is 7.68. The Morgan fingerprint density at radius 2 is 1.83 bits per heavy atom. The molecule has 0 aromatic rings. The lowest BCUT2D eigenvalue weighted by Crippen LogP contribution is -2.50. The highest BCUT2D eigenvalue weighted by Crippen LogP contribution is 2.66. The van der Waals surface area contributed by atoms with Gasteiger partial charge in [-0.15, -0.1) is 0 Å². The first-order valence-corrected chi connectivity index (χ1v) is 12.9. The molecule has 0 heterocycles. The van der Waals surface area contributed by atoms with Crippen LogP contribution >= 0.6 is 0 Å². The van der Waals surface area contributed by atoms with Crippen molar-refractivity contribution in [1.82, 2.24) is 0 Å². The quantitative estimate of drug-likeness (QED) is 0.467. The highest BCUT2D eigenvalue weighted by molar-refractivity contribution is 5.25. The van der Waals surface area contributed by atoms with E-state index < -0.39 is 0 Å². The Balaban J connectivity index is 1.47. The molecule has 166 valence electrons. The third-order valence-electron chi connectivity index (χ3n) is 10.4. The van der Waals surface area contributed by atoms with Gasteiger partial charge >= 0.3 is 0 Å². The Kier molecular flexibility index (Phi) is 5.81. The zero-order chi connectivity index (χ0) is 21.0. The van der Waals surface area contributed by atoms with Crippen molar-refractivity contribution in [3.05, 3.63) is 11.6 Å². The molecule has 3 fully saturated rings. The number of fused-ring (bicyclic) bond motifs is 5. The maximum absolute atomic E-state index is 10.2. The smallest absolute Gasteiger partial charge is 0.0577 e. The third kappa shape index (κ3) is 3.88. The van der Waals surface area contributed by atoms with Crippen LogP contribution < -0.4 is 0 Å². The molecule has 0 aliphatic heterocycles. The first-order chi connectivity index (χ1) is 13.6. The molecule has 1 N–H and O–H groups in total. The van der Waals surface area contributed by atoms with E-state index in [1.807, 2.05) is 0 Å². The van der Waals surface area contributed by atoms with E-state index in [-0.39, 0.29) is 6.10 Å². The molecule has 4 aliphatic rings. The Morgan fingerprint density at radius 3 is 2.55 bits per heavy atom. The fraction of sp³-hybridized carbons (Fsp3) is 0.929. The SMILES string of the molecule is CC(C)CC(C)(C)CCC1CCC2C3CC=C4CC(O)CCC4(C)C3CCC12C. The second-order valence-electron chi connectivity index (χ2n) is 13.3. The molecule has 0 saturated heterocycles. The standard InChI is InChI=1S/C28H48O/c1-19(2)18-26(3,4)14-11-20-8-10-24-23-9-7-21-17-22(29)12-15-28(21,6)25(23)13-16-27(20,24)5/h7,19-20,22-25,29H,8-18H2,1-6H3. The normalized spacial score (nSPS) is 44.8. The molecule has 7 unspecified atom stereocenters. The van der Waals surface area contributed by atoms with Gasteiger partial charge in [-0.3, -0.25) is 0 Å². The van der Waals surface area contributed by atoms with Crippen LogP contribution in [0.3, 0.4) is 0 Å². The summed E-state index contributed by atoms with van der Waals surface area (Å²) in [4.78, 5) is 0. The first-order valence-electron chi connectivity index (χ1n) is 12.9. The minimum absolute atomic E-state index is 0.0789. The maximum Gasteiger partial charge on any atom is 0.0577 e. The molecule has 1 nitrogen and oxygen atoms in total. The molecule has 4 aliphatic carbocycles. The van der Waals surface area contributed by atoms with E-state index in [2.05, 4.69) is 47.6 Å². The summed E-state index contributed by atoms with van der Waals surface area (Å²) in [5, 5.41) is 10.2. The molecule has 3 saturated carbocycles. The molecule has 1 heteroatoms. The fourth-order valence-corrected chi connectivity index (χ4v) is 9.00. The van der Waals surface area contributed by atoms with Crippen LogP contribution in [0.5, 0.6) is 0 Å². The molecule has 0 aromatic heterocycles.